The van der Waals surface area contributed by atoms with Crippen molar-refractivity contribution in [2.75, 3.05) is 4.90 Å². The van der Waals surface area contributed by atoms with Crippen LogP contribution < -0.4 is 4.90 Å². The Kier molecular flexibility index (Phi) is 6.39. The highest BCUT2D eigenvalue weighted by Gasteiger charge is 2.20. The first-order valence-electron chi connectivity index (χ1n) is 16.6. The van der Waals surface area contributed by atoms with Crippen molar-refractivity contribution < 1.29 is 4.42 Å². The van der Waals surface area contributed by atoms with Crippen molar-refractivity contribution >= 4 is 81.3 Å². The van der Waals surface area contributed by atoms with Crippen LogP contribution in [0.5, 0.6) is 0 Å². The molecule has 0 N–H and O–H groups in total. The Labute approximate surface area is 287 Å². The van der Waals surface area contributed by atoms with Gasteiger partial charge in [-0.2, -0.15) is 0 Å². The predicted octanol–water partition coefficient (Wildman–Crippen LogP) is 13.9. The number of thiophene rings is 1. The summed E-state index contributed by atoms with van der Waals surface area (Å²) in [4.78, 5) is 2.41. The molecule has 3 heteroatoms. The van der Waals surface area contributed by atoms with Crippen LogP contribution in [0.4, 0.5) is 17.1 Å². The Morgan fingerprint density at radius 2 is 1.14 bits per heavy atom. The molecule has 10 aromatic rings. The standard InChI is InChI=1S/C46H29NOS/c1-3-12-31(13-4-1)37-17-9-19-42-45(37)38-28-33(22-25-41(38)48-42)34-23-26-43-39(29-34)46-40(18-10-20-44(46)49-43)47(35-15-5-2-6-16-35)36-24-21-30-11-7-8-14-32(30)27-36/h1-29H. The molecule has 0 spiro atoms. The molecule has 230 valence electrons. The van der Waals surface area contributed by atoms with Gasteiger partial charge in [0.15, 0.2) is 0 Å². The second kappa shape index (κ2) is 11.2. The van der Waals surface area contributed by atoms with E-state index in [0.29, 0.717) is 0 Å². The normalized spacial score (nSPS) is 11.7. The smallest absolute Gasteiger partial charge is 0.136 e. The van der Waals surface area contributed by atoms with Gasteiger partial charge in [-0.1, -0.05) is 109 Å². The molecule has 0 atom stereocenters. The van der Waals surface area contributed by atoms with Crippen molar-refractivity contribution in [2.45, 2.75) is 0 Å². The number of hydrogen-bond donors (Lipinski definition) is 0. The summed E-state index contributed by atoms with van der Waals surface area (Å²) < 4.78 is 8.92. The van der Waals surface area contributed by atoms with Crippen molar-refractivity contribution in [3.8, 4) is 22.3 Å². The van der Waals surface area contributed by atoms with Gasteiger partial charge in [0.2, 0.25) is 0 Å². The maximum atomic E-state index is 6.37. The van der Waals surface area contributed by atoms with Gasteiger partial charge in [0.05, 0.1) is 5.69 Å². The fourth-order valence-electron chi connectivity index (χ4n) is 7.36. The van der Waals surface area contributed by atoms with Crippen LogP contribution in [0.25, 0.3) is 75.1 Å². The van der Waals surface area contributed by atoms with Gasteiger partial charge in [-0.3, -0.25) is 0 Å². The van der Waals surface area contributed by atoms with Crippen molar-refractivity contribution in [1.82, 2.24) is 0 Å². The first-order valence-corrected chi connectivity index (χ1v) is 17.4. The minimum atomic E-state index is 0.903. The molecule has 0 fully saturated rings. The Hall–Kier alpha value is -6.16. The van der Waals surface area contributed by atoms with Gasteiger partial charge in [0.1, 0.15) is 11.2 Å². The van der Waals surface area contributed by atoms with Crippen LogP contribution in [0.1, 0.15) is 0 Å². The third kappa shape index (κ3) is 4.62. The van der Waals surface area contributed by atoms with E-state index in [1.165, 1.54) is 58.9 Å². The zero-order valence-electron chi connectivity index (χ0n) is 26.5. The number of furan rings is 1. The number of anilines is 3. The second-order valence-electron chi connectivity index (χ2n) is 12.5. The van der Waals surface area contributed by atoms with Gasteiger partial charge < -0.3 is 9.32 Å². The maximum absolute atomic E-state index is 6.37. The average Bonchev–Trinajstić information content (AvgIpc) is 3.74. The second-order valence-corrected chi connectivity index (χ2v) is 13.6. The first-order chi connectivity index (χ1) is 24.3. The Morgan fingerprint density at radius 3 is 2.00 bits per heavy atom. The highest BCUT2D eigenvalue weighted by atomic mass is 32.1. The average molecular weight is 644 g/mol. The molecular weight excluding hydrogens is 615 g/mol. The molecule has 0 unspecified atom stereocenters. The highest BCUT2D eigenvalue weighted by molar-refractivity contribution is 7.26. The van der Waals surface area contributed by atoms with E-state index in [1.807, 2.05) is 11.3 Å². The molecule has 49 heavy (non-hydrogen) atoms. The SMILES string of the molecule is c1ccc(-c2cccc3oc4ccc(-c5ccc6sc7cccc(N(c8ccccc8)c8ccc9ccccc9c8)c7c6c5)cc4c23)cc1. The topological polar surface area (TPSA) is 16.4 Å². The van der Waals surface area contributed by atoms with Crippen molar-refractivity contribution in [3.05, 3.63) is 176 Å². The van der Waals surface area contributed by atoms with E-state index in [1.54, 1.807) is 0 Å². The number of benzene rings is 8. The predicted molar refractivity (Wildman–Crippen MR) is 210 cm³/mol. The van der Waals surface area contributed by atoms with E-state index >= 15 is 0 Å². The molecule has 2 aromatic heterocycles. The van der Waals surface area contributed by atoms with Gasteiger partial charge >= 0.3 is 0 Å². The first kappa shape index (κ1) is 27.9. The van der Waals surface area contributed by atoms with E-state index in [4.69, 9.17) is 4.42 Å². The number of rotatable bonds is 5. The van der Waals surface area contributed by atoms with E-state index in [-0.39, 0.29) is 0 Å². The highest BCUT2D eigenvalue weighted by Crippen LogP contribution is 2.46. The summed E-state index contributed by atoms with van der Waals surface area (Å²) in [6, 6.07) is 63.2. The van der Waals surface area contributed by atoms with E-state index in [0.717, 1.165) is 33.3 Å². The largest absolute Gasteiger partial charge is 0.456 e. The zero-order valence-corrected chi connectivity index (χ0v) is 27.3. The maximum Gasteiger partial charge on any atom is 0.136 e. The van der Waals surface area contributed by atoms with Crippen LogP contribution >= 0.6 is 11.3 Å². The molecule has 0 aliphatic rings. The summed E-state index contributed by atoms with van der Waals surface area (Å²) in [6.07, 6.45) is 0. The Balaban J connectivity index is 1.17. The molecule has 0 saturated carbocycles. The van der Waals surface area contributed by atoms with Crippen LogP contribution in [0, 0.1) is 0 Å². The van der Waals surface area contributed by atoms with Crippen LogP contribution in [0.15, 0.2) is 180 Å². The van der Waals surface area contributed by atoms with Crippen molar-refractivity contribution in [1.29, 1.82) is 0 Å². The van der Waals surface area contributed by atoms with E-state index in [9.17, 15) is 0 Å². The molecule has 2 heterocycles. The summed E-state index contributed by atoms with van der Waals surface area (Å²) in [5, 5.41) is 7.28. The monoisotopic (exact) mass is 643 g/mol. The van der Waals surface area contributed by atoms with Gasteiger partial charge in [-0.25, -0.2) is 0 Å². The Morgan fingerprint density at radius 1 is 0.408 bits per heavy atom. The molecule has 0 bridgehead atoms. The third-order valence-corrected chi connectivity index (χ3v) is 10.8. The van der Waals surface area contributed by atoms with Crippen molar-refractivity contribution in [2.24, 2.45) is 0 Å². The molecule has 0 radical (unpaired) electrons. The van der Waals surface area contributed by atoms with Gasteiger partial charge in [-0.05, 0) is 99.8 Å². The Bertz CT molecular complexity index is 2830. The molecule has 2 nitrogen and oxygen atoms in total. The lowest BCUT2D eigenvalue weighted by atomic mass is 9.97. The lowest BCUT2D eigenvalue weighted by Gasteiger charge is -2.26. The molecule has 0 amide bonds. The summed E-state index contributed by atoms with van der Waals surface area (Å²) >= 11 is 1.85. The molecule has 0 saturated heterocycles. The zero-order chi connectivity index (χ0) is 32.3. The summed E-state index contributed by atoms with van der Waals surface area (Å²) in [5.74, 6) is 0. The van der Waals surface area contributed by atoms with E-state index in [2.05, 4.69) is 181 Å². The van der Waals surface area contributed by atoms with Crippen LogP contribution in [-0.2, 0) is 0 Å². The number of nitrogens with zero attached hydrogens (tertiary/aromatic N) is 1. The molecular formula is C46H29NOS. The van der Waals surface area contributed by atoms with Crippen LogP contribution in [0.2, 0.25) is 0 Å². The molecule has 10 rings (SSSR count). The molecule has 8 aromatic carbocycles. The van der Waals surface area contributed by atoms with Gasteiger partial charge in [-0.15, -0.1) is 11.3 Å². The fraction of sp³-hybridized carbons (Fsp3) is 0. The van der Waals surface area contributed by atoms with Crippen LogP contribution in [-0.4, -0.2) is 0 Å². The summed E-state index contributed by atoms with van der Waals surface area (Å²) in [6.45, 7) is 0. The number of hydrogen-bond acceptors (Lipinski definition) is 3. The number of fused-ring (bicyclic) bond motifs is 7. The third-order valence-electron chi connectivity index (χ3n) is 9.63. The molecule has 0 aliphatic carbocycles. The lowest BCUT2D eigenvalue weighted by molar-refractivity contribution is 0.669. The van der Waals surface area contributed by atoms with Gasteiger partial charge in [0, 0.05) is 42.3 Å². The van der Waals surface area contributed by atoms with E-state index < -0.39 is 0 Å². The minimum absolute atomic E-state index is 0.903. The summed E-state index contributed by atoms with van der Waals surface area (Å²) in [5.41, 5.74) is 9.99. The molecule has 0 aliphatic heterocycles. The van der Waals surface area contributed by atoms with Gasteiger partial charge in [0.25, 0.3) is 0 Å². The number of para-hydroxylation sites is 1. The lowest BCUT2D eigenvalue weighted by Crippen LogP contribution is -2.10. The fourth-order valence-corrected chi connectivity index (χ4v) is 8.47. The minimum Gasteiger partial charge on any atom is -0.456 e. The van der Waals surface area contributed by atoms with Crippen LogP contribution in [0.3, 0.4) is 0 Å². The quantitative estimate of drug-likeness (QED) is 0.186. The van der Waals surface area contributed by atoms with Crippen molar-refractivity contribution in [3.63, 3.8) is 0 Å². The summed E-state index contributed by atoms with van der Waals surface area (Å²) in [7, 11) is 0.